The molecule has 1 aliphatic carbocycles. The van der Waals surface area contributed by atoms with Crippen molar-refractivity contribution in [1.29, 1.82) is 0 Å². The minimum absolute atomic E-state index is 0.253. The fraction of sp³-hybridized carbons (Fsp3) is 0.0213. The third-order valence-corrected chi connectivity index (χ3v) is 10.3. The van der Waals surface area contributed by atoms with Gasteiger partial charge in [-0.05, 0) is 102 Å². The van der Waals surface area contributed by atoms with Crippen molar-refractivity contribution in [2.75, 3.05) is 4.90 Å². The summed E-state index contributed by atoms with van der Waals surface area (Å²) in [6.45, 7) is 0. The topological polar surface area (TPSA) is 3.24 Å². The van der Waals surface area contributed by atoms with E-state index in [1.807, 2.05) is 0 Å². The second kappa shape index (κ2) is 10.7. The second-order valence-corrected chi connectivity index (χ2v) is 12.9. The van der Waals surface area contributed by atoms with E-state index >= 15 is 0 Å². The van der Waals surface area contributed by atoms with Crippen LogP contribution < -0.4 is 4.90 Å². The Bertz CT molecular complexity index is 2560. The van der Waals surface area contributed by atoms with E-state index in [0.717, 1.165) is 11.4 Å². The smallest absolute Gasteiger partial charge is 0.0540 e. The van der Waals surface area contributed by atoms with Gasteiger partial charge < -0.3 is 4.90 Å². The fourth-order valence-electron chi connectivity index (χ4n) is 8.19. The van der Waals surface area contributed by atoms with E-state index in [9.17, 15) is 0 Å². The average Bonchev–Trinajstić information content (AvgIpc) is 3.49. The van der Waals surface area contributed by atoms with Crippen LogP contribution >= 0.6 is 0 Å². The highest BCUT2D eigenvalue weighted by atomic mass is 15.1. The van der Waals surface area contributed by atoms with Crippen molar-refractivity contribution in [3.8, 4) is 22.3 Å². The van der Waals surface area contributed by atoms with Crippen LogP contribution in [0.25, 0.3) is 54.6 Å². The van der Waals surface area contributed by atoms with Crippen LogP contribution in [0.5, 0.6) is 0 Å². The molecule has 9 aromatic carbocycles. The quantitative estimate of drug-likeness (QED) is 0.176. The maximum Gasteiger partial charge on any atom is 0.0540 e. The van der Waals surface area contributed by atoms with Crippen molar-refractivity contribution in [2.24, 2.45) is 0 Å². The highest BCUT2D eigenvalue weighted by Crippen LogP contribution is 2.50. The summed E-state index contributed by atoms with van der Waals surface area (Å²) in [7, 11) is 0. The van der Waals surface area contributed by atoms with E-state index in [0.29, 0.717) is 0 Å². The van der Waals surface area contributed by atoms with Crippen molar-refractivity contribution in [3.63, 3.8) is 0 Å². The summed E-state index contributed by atoms with van der Waals surface area (Å²) in [5, 5.41) is 7.72. The van der Waals surface area contributed by atoms with Gasteiger partial charge >= 0.3 is 0 Å². The molecule has 1 atom stereocenters. The second-order valence-electron chi connectivity index (χ2n) is 12.9. The van der Waals surface area contributed by atoms with Gasteiger partial charge in [-0.3, -0.25) is 0 Å². The zero-order valence-electron chi connectivity index (χ0n) is 26.3. The fourth-order valence-corrected chi connectivity index (χ4v) is 8.19. The lowest BCUT2D eigenvalue weighted by Crippen LogP contribution is -2.10. The van der Waals surface area contributed by atoms with Gasteiger partial charge in [-0.25, -0.2) is 0 Å². The number of hydrogen-bond acceptors (Lipinski definition) is 1. The standard InChI is InChI=1S/C47H31N/c1-4-12-31(13-5-1)45-39-19-11-10-18-38(39)43-30-34(23-27-41(43)45)37-25-20-32-22-28-42-44(29-24-33-21-26-40(37)46(32)47(33)42)48(35-14-6-2-7-15-35)36-16-8-3-9-17-36/h1-30,45H. The van der Waals surface area contributed by atoms with Gasteiger partial charge in [0, 0.05) is 22.7 Å². The van der Waals surface area contributed by atoms with Crippen LogP contribution in [-0.2, 0) is 0 Å². The van der Waals surface area contributed by atoms with Crippen molar-refractivity contribution < 1.29 is 0 Å². The summed E-state index contributed by atoms with van der Waals surface area (Å²) in [5.41, 5.74) is 12.8. The Morgan fingerprint density at radius 2 is 0.938 bits per heavy atom. The van der Waals surface area contributed by atoms with Crippen LogP contribution in [-0.4, -0.2) is 0 Å². The molecule has 0 aliphatic heterocycles. The molecule has 0 heterocycles. The van der Waals surface area contributed by atoms with E-state index in [2.05, 4.69) is 187 Å². The molecule has 0 saturated carbocycles. The zero-order valence-corrected chi connectivity index (χ0v) is 26.3. The first-order valence-corrected chi connectivity index (χ1v) is 16.7. The van der Waals surface area contributed by atoms with Crippen LogP contribution in [0, 0.1) is 0 Å². The lowest BCUT2D eigenvalue weighted by molar-refractivity contribution is 1.02. The third kappa shape index (κ3) is 4.04. The minimum Gasteiger partial charge on any atom is -0.310 e. The van der Waals surface area contributed by atoms with Crippen molar-refractivity contribution >= 4 is 49.4 Å². The Morgan fingerprint density at radius 1 is 0.375 bits per heavy atom. The third-order valence-electron chi connectivity index (χ3n) is 10.3. The lowest BCUT2D eigenvalue weighted by atomic mass is 9.87. The summed E-state index contributed by atoms with van der Waals surface area (Å²) in [6, 6.07) is 66.8. The summed E-state index contributed by atoms with van der Waals surface area (Å²) in [4.78, 5) is 2.38. The van der Waals surface area contributed by atoms with E-state index in [4.69, 9.17) is 0 Å². The Morgan fingerprint density at radius 3 is 1.67 bits per heavy atom. The molecule has 9 aromatic rings. The summed E-state index contributed by atoms with van der Waals surface area (Å²) in [5.74, 6) is 0.253. The van der Waals surface area contributed by atoms with Gasteiger partial charge in [-0.2, -0.15) is 0 Å². The van der Waals surface area contributed by atoms with E-state index in [-0.39, 0.29) is 5.92 Å². The Labute approximate surface area is 280 Å². The summed E-state index contributed by atoms with van der Waals surface area (Å²) in [6.07, 6.45) is 0. The largest absolute Gasteiger partial charge is 0.310 e. The summed E-state index contributed by atoms with van der Waals surface area (Å²) < 4.78 is 0. The van der Waals surface area contributed by atoms with E-state index in [1.54, 1.807) is 0 Å². The SMILES string of the molecule is c1ccc(C2c3ccccc3-c3cc(-c4ccc5ccc6c(N(c7ccccc7)c7ccccc7)ccc7ccc4c5c76)ccc32)cc1. The number of para-hydroxylation sites is 2. The van der Waals surface area contributed by atoms with Gasteiger partial charge in [0.05, 0.1) is 5.69 Å². The Hall–Kier alpha value is -6.18. The monoisotopic (exact) mass is 609 g/mol. The molecule has 10 rings (SSSR count). The first kappa shape index (κ1) is 27.0. The van der Waals surface area contributed by atoms with Gasteiger partial charge in [0.15, 0.2) is 0 Å². The minimum atomic E-state index is 0.253. The van der Waals surface area contributed by atoms with Crippen LogP contribution in [0.1, 0.15) is 22.6 Å². The molecule has 0 saturated heterocycles. The maximum absolute atomic E-state index is 2.43. The van der Waals surface area contributed by atoms with E-state index < -0.39 is 0 Å². The molecule has 1 heteroatoms. The molecular weight excluding hydrogens is 579 g/mol. The van der Waals surface area contributed by atoms with E-state index in [1.165, 1.54) is 76.9 Å². The molecule has 0 fully saturated rings. The predicted molar refractivity (Wildman–Crippen MR) is 203 cm³/mol. The molecule has 0 N–H and O–H groups in total. The van der Waals surface area contributed by atoms with Gasteiger partial charge in [-0.1, -0.05) is 146 Å². The maximum atomic E-state index is 2.43. The van der Waals surface area contributed by atoms with Crippen molar-refractivity contribution in [2.45, 2.75) is 5.92 Å². The number of hydrogen-bond donors (Lipinski definition) is 0. The highest BCUT2D eigenvalue weighted by molar-refractivity contribution is 6.28. The lowest BCUT2D eigenvalue weighted by Gasteiger charge is -2.27. The van der Waals surface area contributed by atoms with Crippen molar-refractivity contribution in [3.05, 3.63) is 199 Å². The van der Waals surface area contributed by atoms with Crippen LogP contribution in [0.15, 0.2) is 182 Å². The number of benzene rings is 9. The van der Waals surface area contributed by atoms with Gasteiger partial charge in [0.1, 0.15) is 0 Å². The predicted octanol–water partition coefficient (Wildman–Crippen LogP) is 12.9. The first-order chi connectivity index (χ1) is 23.8. The average molecular weight is 610 g/mol. The Balaban J connectivity index is 1.18. The van der Waals surface area contributed by atoms with Crippen molar-refractivity contribution in [1.82, 2.24) is 0 Å². The number of nitrogens with zero attached hydrogens (tertiary/aromatic N) is 1. The molecule has 0 radical (unpaired) electrons. The number of fused-ring (bicyclic) bond motifs is 3. The van der Waals surface area contributed by atoms with Crippen LogP contribution in [0.2, 0.25) is 0 Å². The van der Waals surface area contributed by atoms with Gasteiger partial charge in [0.25, 0.3) is 0 Å². The number of anilines is 3. The van der Waals surface area contributed by atoms with Gasteiger partial charge in [0.2, 0.25) is 0 Å². The number of rotatable bonds is 5. The first-order valence-electron chi connectivity index (χ1n) is 16.7. The molecule has 1 aliphatic rings. The Kier molecular flexibility index (Phi) is 6.01. The molecule has 0 aromatic heterocycles. The molecule has 48 heavy (non-hydrogen) atoms. The summed E-state index contributed by atoms with van der Waals surface area (Å²) >= 11 is 0. The van der Waals surface area contributed by atoms with Gasteiger partial charge in [-0.15, -0.1) is 0 Å². The molecule has 0 spiro atoms. The normalized spacial score (nSPS) is 13.6. The molecule has 0 bridgehead atoms. The molecular formula is C47H31N. The van der Waals surface area contributed by atoms with Crippen LogP contribution in [0.3, 0.4) is 0 Å². The molecule has 1 nitrogen and oxygen atoms in total. The molecule has 224 valence electrons. The molecule has 0 amide bonds. The zero-order chi connectivity index (χ0) is 31.6. The van der Waals surface area contributed by atoms with Crippen LogP contribution in [0.4, 0.5) is 17.1 Å². The highest BCUT2D eigenvalue weighted by Gasteiger charge is 2.30. The molecule has 1 unspecified atom stereocenters.